The first-order valence-corrected chi connectivity index (χ1v) is 6.14. The highest BCUT2D eigenvalue weighted by atomic mass is 19.1. The standard InChI is InChI=1S/C15H16FN3/c1-10-11(2)19(15(18)14(10)9-17)8-7-12-3-5-13(16)6-4-12/h3-6H,7-8,18H2,1-2H3. The molecule has 1 aromatic heterocycles. The smallest absolute Gasteiger partial charge is 0.123 e. The second-order valence-corrected chi connectivity index (χ2v) is 4.61. The number of nitrogens with zero attached hydrogens (tertiary/aromatic N) is 2. The Bertz CT molecular complexity index is 633. The molecule has 0 aliphatic rings. The van der Waals surface area contributed by atoms with E-state index in [1.54, 1.807) is 12.1 Å². The van der Waals surface area contributed by atoms with E-state index in [0.717, 1.165) is 23.2 Å². The van der Waals surface area contributed by atoms with E-state index in [1.165, 1.54) is 12.1 Å². The minimum Gasteiger partial charge on any atom is -0.384 e. The van der Waals surface area contributed by atoms with E-state index in [-0.39, 0.29) is 5.82 Å². The van der Waals surface area contributed by atoms with Gasteiger partial charge in [-0.3, -0.25) is 0 Å². The molecule has 2 rings (SSSR count). The lowest BCUT2D eigenvalue weighted by molar-refractivity contribution is 0.625. The van der Waals surface area contributed by atoms with Gasteiger partial charge >= 0.3 is 0 Å². The summed E-state index contributed by atoms with van der Waals surface area (Å²) in [5, 5.41) is 9.07. The Morgan fingerprint density at radius 2 is 1.89 bits per heavy atom. The van der Waals surface area contributed by atoms with Gasteiger partial charge in [0.25, 0.3) is 0 Å². The Hall–Kier alpha value is -2.28. The fraction of sp³-hybridized carbons (Fsp3) is 0.267. The van der Waals surface area contributed by atoms with Crippen LogP contribution in [-0.2, 0) is 13.0 Å². The second kappa shape index (κ2) is 5.15. The third kappa shape index (κ3) is 2.45. The monoisotopic (exact) mass is 257 g/mol. The molecule has 1 heterocycles. The lowest BCUT2D eigenvalue weighted by Crippen LogP contribution is -2.07. The predicted octanol–water partition coefficient (Wildman–Crippen LogP) is 2.94. The summed E-state index contributed by atoms with van der Waals surface area (Å²) < 4.78 is 14.8. The van der Waals surface area contributed by atoms with E-state index < -0.39 is 0 Å². The maximum atomic E-state index is 12.8. The Kier molecular flexibility index (Phi) is 3.57. The van der Waals surface area contributed by atoms with Crippen LogP contribution in [0.3, 0.4) is 0 Å². The number of rotatable bonds is 3. The number of aryl methyl sites for hydroxylation is 1. The Morgan fingerprint density at radius 1 is 1.26 bits per heavy atom. The van der Waals surface area contributed by atoms with Crippen molar-refractivity contribution in [2.45, 2.75) is 26.8 Å². The largest absolute Gasteiger partial charge is 0.384 e. The molecule has 0 bridgehead atoms. The fourth-order valence-corrected chi connectivity index (χ4v) is 2.21. The zero-order valence-corrected chi connectivity index (χ0v) is 11.1. The molecule has 2 N–H and O–H groups in total. The van der Waals surface area contributed by atoms with Crippen LogP contribution in [0, 0.1) is 31.0 Å². The van der Waals surface area contributed by atoms with Gasteiger partial charge in [0, 0.05) is 12.2 Å². The van der Waals surface area contributed by atoms with Crippen LogP contribution < -0.4 is 5.73 Å². The molecule has 19 heavy (non-hydrogen) atoms. The van der Waals surface area contributed by atoms with E-state index in [9.17, 15) is 4.39 Å². The first-order chi connectivity index (χ1) is 9.04. The molecule has 0 aliphatic carbocycles. The number of hydrogen-bond acceptors (Lipinski definition) is 2. The van der Waals surface area contributed by atoms with E-state index in [4.69, 9.17) is 11.0 Å². The molecule has 1 aromatic carbocycles. The number of hydrogen-bond donors (Lipinski definition) is 1. The summed E-state index contributed by atoms with van der Waals surface area (Å²) in [6.45, 7) is 4.54. The van der Waals surface area contributed by atoms with Crippen LogP contribution in [0.25, 0.3) is 0 Å². The quantitative estimate of drug-likeness (QED) is 0.919. The number of nitriles is 1. The Morgan fingerprint density at radius 3 is 2.42 bits per heavy atom. The number of benzene rings is 1. The lowest BCUT2D eigenvalue weighted by atomic mass is 10.1. The summed E-state index contributed by atoms with van der Waals surface area (Å²) in [7, 11) is 0. The van der Waals surface area contributed by atoms with Crippen LogP contribution in [0.5, 0.6) is 0 Å². The maximum absolute atomic E-state index is 12.8. The predicted molar refractivity (Wildman–Crippen MR) is 73.1 cm³/mol. The minimum atomic E-state index is -0.233. The highest BCUT2D eigenvalue weighted by Gasteiger charge is 2.14. The van der Waals surface area contributed by atoms with Crippen molar-refractivity contribution in [2.75, 3.05) is 5.73 Å². The highest BCUT2D eigenvalue weighted by molar-refractivity contribution is 5.57. The Balaban J connectivity index is 2.21. The average Bonchev–Trinajstić information content (AvgIpc) is 2.60. The molecule has 0 fully saturated rings. The second-order valence-electron chi connectivity index (χ2n) is 4.61. The SMILES string of the molecule is Cc1c(C#N)c(N)n(CCc2ccc(F)cc2)c1C. The number of anilines is 1. The van der Waals surface area contributed by atoms with Gasteiger partial charge in [-0.2, -0.15) is 5.26 Å². The van der Waals surface area contributed by atoms with Gasteiger partial charge < -0.3 is 10.3 Å². The molecule has 0 saturated heterocycles. The normalized spacial score (nSPS) is 10.4. The summed E-state index contributed by atoms with van der Waals surface area (Å²) >= 11 is 0. The molecule has 0 unspecified atom stereocenters. The first kappa shape index (κ1) is 13.2. The molecule has 0 amide bonds. The van der Waals surface area contributed by atoms with Crippen molar-refractivity contribution in [3.63, 3.8) is 0 Å². The van der Waals surface area contributed by atoms with E-state index in [1.807, 2.05) is 18.4 Å². The third-order valence-corrected chi connectivity index (χ3v) is 3.52. The number of nitrogens with two attached hydrogens (primary N) is 1. The zero-order valence-electron chi connectivity index (χ0n) is 11.1. The minimum absolute atomic E-state index is 0.233. The summed E-state index contributed by atoms with van der Waals surface area (Å²) in [4.78, 5) is 0. The Labute approximate surface area is 112 Å². The molecule has 0 atom stereocenters. The molecule has 0 radical (unpaired) electrons. The lowest BCUT2D eigenvalue weighted by Gasteiger charge is -2.09. The molecular formula is C15H16FN3. The van der Waals surface area contributed by atoms with Gasteiger partial charge in [-0.1, -0.05) is 12.1 Å². The van der Waals surface area contributed by atoms with Crippen LogP contribution >= 0.6 is 0 Å². The summed E-state index contributed by atoms with van der Waals surface area (Å²) in [5.74, 6) is 0.280. The van der Waals surface area contributed by atoms with E-state index >= 15 is 0 Å². The molecule has 3 nitrogen and oxygen atoms in total. The molecule has 0 spiro atoms. The van der Waals surface area contributed by atoms with Crippen molar-refractivity contribution in [1.82, 2.24) is 4.57 Å². The molecular weight excluding hydrogens is 241 g/mol. The summed E-state index contributed by atoms with van der Waals surface area (Å²) in [6.07, 6.45) is 0.754. The number of nitrogen functional groups attached to an aromatic ring is 1. The third-order valence-electron chi connectivity index (χ3n) is 3.52. The molecule has 2 aromatic rings. The van der Waals surface area contributed by atoms with Gasteiger partial charge in [-0.25, -0.2) is 4.39 Å². The van der Waals surface area contributed by atoms with Crippen molar-refractivity contribution in [2.24, 2.45) is 0 Å². The molecule has 98 valence electrons. The first-order valence-electron chi connectivity index (χ1n) is 6.14. The topological polar surface area (TPSA) is 54.7 Å². The van der Waals surface area contributed by atoms with Crippen molar-refractivity contribution in [3.8, 4) is 6.07 Å². The van der Waals surface area contributed by atoms with Crippen molar-refractivity contribution in [3.05, 3.63) is 52.5 Å². The maximum Gasteiger partial charge on any atom is 0.123 e. The number of aromatic nitrogens is 1. The van der Waals surface area contributed by atoms with Crippen LogP contribution in [0.15, 0.2) is 24.3 Å². The van der Waals surface area contributed by atoms with Gasteiger partial charge in [-0.15, -0.1) is 0 Å². The van der Waals surface area contributed by atoms with Crippen LogP contribution in [-0.4, -0.2) is 4.57 Å². The van der Waals surface area contributed by atoms with Crippen molar-refractivity contribution in [1.29, 1.82) is 5.26 Å². The summed E-state index contributed by atoms with van der Waals surface area (Å²) in [5.41, 5.74) is 9.52. The molecule has 0 aliphatic heterocycles. The molecule has 4 heteroatoms. The van der Waals surface area contributed by atoms with Gasteiger partial charge in [0.05, 0.1) is 5.56 Å². The molecule has 0 saturated carbocycles. The number of halogens is 1. The van der Waals surface area contributed by atoms with Crippen molar-refractivity contribution < 1.29 is 4.39 Å². The summed E-state index contributed by atoms with van der Waals surface area (Å²) in [6, 6.07) is 8.57. The highest BCUT2D eigenvalue weighted by Crippen LogP contribution is 2.23. The van der Waals surface area contributed by atoms with Crippen LogP contribution in [0.1, 0.15) is 22.4 Å². The van der Waals surface area contributed by atoms with Gasteiger partial charge in [-0.05, 0) is 43.5 Å². The van der Waals surface area contributed by atoms with E-state index in [0.29, 0.717) is 17.9 Å². The van der Waals surface area contributed by atoms with Crippen LogP contribution in [0.2, 0.25) is 0 Å². The fourth-order valence-electron chi connectivity index (χ4n) is 2.21. The average molecular weight is 257 g/mol. The van der Waals surface area contributed by atoms with Crippen LogP contribution in [0.4, 0.5) is 10.2 Å². The van der Waals surface area contributed by atoms with Gasteiger partial charge in [0.1, 0.15) is 17.7 Å². The zero-order chi connectivity index (χ0) is 14.0. The van der Waals surface area contributed by atoms with Gasteiger partial charge in [0.2, 0.25) is 0 Å². The van der Waals surface area contributed by atoms with Crippen molar-refractivity contribution >= 4 is 5.82 Å². The van der Waals surface area contributed by atoms with Gasteiger partial charge in [0.15, 0.2) is 0 Å². The van der Waals surface area contributed by atoms with E-state index in [2.05, 4.69) is 6.07 Å².